The molecule has 4 aliphatic carbocycles. The summed E-state index contributed by atoms with van der Waals surface area (Å²) < 4.78 is 2.50. The molecule has 2 saturated carbocycles. The van der Waals surface area contributed by atoms with Crippen LogP contribution in [-0.2, 0) is 23.2 Å². The number of benzene rings is 1. The molecule has 5 rings (SSSR count). The number of allylic oxidation sites excluding steroid dienone is 7. The van der Waals surface area contributed by atoms with Crippen LogP contribution >= 0.6 is 0 Å². The van der Waals surface area contributed by atoms with Crippen molar-refractivity contribution in [1.82, 2.24) is 0 Å². The number of halogens is 2. The number of hydrogen-bond donors (Lipinski definition) is 0. The molecular formula is C27H32Cl2Zr. The Morgan fingerprint density at radius 1 is 0.767 bits per heavy atom. The molecule has 1 aromatic carbocycles. The fourth-order valence-corrected chi connectivity index (χ4v) is 9.68. The first-order valence-electron chi connectivity index (χ1n) is 11.6. The summed E-state index contributed by atoms with van der Waals surface area (Å²) in [5.74, 6) is 1.76. The fraction of sp³-hybridized carbons (Fsp3) is 0.481. The van der Waals surface area contributed by atoms with Crippen molar-refractivity contribution in [3.05, 3.63) is 74.1 Å². The van der Waals surface area contributed by atoms with Crippen LogP contribution in [0, 0.1) is 11.8 Å². The van der Waals surface area contributed by atoms with E-state index in [1.54, 1.807) is 14.4 Å². The van der Waals surface area contributed by atoms with Gasteiger partial charge in [-0.25, -0.2) is 0 Å². The minimum atomic E-state index is -0.692. The number of rotatable bonds is 4. The van der Waals surface area contributed by atoms with Crippen molar-refractivity contribution in [1.29, 1.82) is 0 Å². The van der Waals surface area contributed by atoms with Gasteiger partial charge in [-0.1, -0.05) is 0 Å². The van der Waals surface area contributed by atoms with Crippen molar-refractivity contribution < 1.29 is 48.0 Å². The molecule has 0 radical (unpaired) electrons. The van der Waals surface area contributed by atoms with Gasteiger partial charge in [-0.05, 0) is 0 Å². The molecule has 30 heavy (non-hydrogen) atoms. The molecule has 0 heterocycles. The van der Waals surface area contributed by atoms with E-state index in [0.717, 1.165) is 15.5 Å². The molecule has 0 saturated heterocycles. The summed E-state index contributed by atoms with van der Waals surface area (Å²) in [5.41, 5.74) is 6.70. The fourth-order valence-electron chi connectivity index (χ4n) is 5.94. The number of fused-ring (bicyclic) bond motifs is 1. The Balaban J connectivity index is 0.00000128. The van der Waals surface area contributed by atoms with E-state index in [1.165, 1.54) is 69.8 Å². The van der Waals surface area contributed by atoms with Crippen LogP contribution in [0.3, 0.4) is 0 Å². The van der Waals surface area contributed by atoms with Crippen LogP contribution in [0.25, 0.3) is 6.08 Å². The average Bonchev–Trinajstić information content (AvgIpc) is 3.38. The molecule has 0 aromatic heterocycles. The zero-order valence-electron chi connectivity index (χ0n) is 17.8. The Morgan fingerprint density at radius 3 is 2.07 bits per heavy atom. The molecule has 1 atom stereocenters. The maximum atomic E-state index is 2.51. The third kappa shape index (κ3) is 5.16. The van der Waals surface area contributed by atoms with Crippen LogP contribution in [0.15, 0.2) is 63.0 Å². The molecule has 1 unspecified atom stereocenters. The van der Waals surface area contributed by atoms with Crippen molar-refractivity contribution in [2.75, 3.05) is 0 Å². The molecule has 2 fully saturated rings. The SMILES string of the molecule is C1=CC(=C(C2CCCCC2)C2CCCCC2)[C]([Zr+2][CH]2C=Cc3ccccc32)=C1.[Cl-].[Cl-]. The first kappa shape index (κ1) is 24.3. The minimum Gasteiger partial charge on any atom is -1.00 e. The summed E-state index contributed by atoms with van der Waals surface area (Å²) in [5, 5.41) is 0. The Hall–Kier alpha value is -0.357. The molecule has 1 aromatic rings. The summed E-state index contributed by atoms with van der Waals surface area (Å²) in [6.45, 7) is 0. The third-order valence-corrected chi connectivity index (χ3v) is 11.2. The van der Waals surface area contributed by atoms with Gasteiger partial charge < -0.3 is 24.8 Å². The predicted octanol–water partition coefficient (Wildman–Crippen LogP) is 1.76. The maximum absolute atomic E-state index is 2.51. The van der Waals surface area contributed by atoms with Crippen LogP contribution in [0.1, 0.15) is 79.0 Å². The molecule has 4 aliphatic rings. The largest absolute Gasteiger partial charge is 1.00 e. The summed E-state index contributed by atoms with van der Waals surface area (Å²) in [6, 6.07) is 9.07. The minimum absolute atomic E-state index is 0. The van der Waals surface area contributed by atoms with E-state index < -0.39 is 23.2 Å². The van der Waals surface area contributed by atoms with Gasteiger partial charge in [-0.3, -0.25) is 0 Å². The predicted molar refractivity (Wildman–Crippen MR) is 116 cm³/mol. The van der Waals surface area contributed by atoms with Gasteiger partial charge in [0.25, 0.3) is 0 Å². The molecule has 0 spiro atoms. The summed E-state index contributed by atoms with van der Waals surface area (Å²) in [7, 11) is 0. The second-order valence-corrected chi connectivity index (χ2v) is 12.7. The van der Waals surface area contributed by atoms with Gasteiger partial charge >= 0.3 is 183 Å². The van der Waals surface area contributed by atoms with Crippen molar-refractivity contribution in [3.63, 3.8) is 0 Å². The molecule has 158 valence electrons. The summed E-state index contributed by atoms with van der Waals surface area (Å²) >= 11 is -0.692. The van der Waals surface area contributed by atoms with E-state index in [9.17, 15) is 0 Å². The monoisotopic (exact) mass is 516 g/mol. The van der Waals surface area contributed by atoms with Crippen molar-refractivity contribution in [2.45, 2.75) is 67.8 Å². The summed E-state index contributed by atoms with van der Waals surface area (Å²) in [6.07, 6.45) is 26.8. The van der Waals surface area contributed by atoms with E-state index in [4.69, 9.17) is 0 Å². The van der Waals surface area contributed by atoms with Crippen molar-refractivity contribution in [2.24, 2.45) is 11.8 Å². The first-order chi connectivity index (χ1) is 13.9. The quantitative estimate of drug-likeness (QED) is 0.570. The molecule has 3 heteroatoms. The normalized spacial score (nSPS) is 23.3. The molecular weight excluding hydrogens is 486 g/mol. The second-order valence-electron chi connectivity index (χ2n) is 9.09. The van der Waals surface area contributed by atoms with E-state index in [1.807, 2.05) is 5.57 Å². The van der Waals surface area contributed by atoms with Gasteiger partial charge in [0.05, 0.1) is 0 Å². The zero-order valence-corrected chi connectivity index (χ0v) is 21.7. The Morgan fingerprint density at radius 2 is 1.40 bits per heavy atom. The van der Waals surface area contributed by atoms with Gasteiger partial charge in [0.2, 0.25) is 0 Å². The van der Waals surface area contributed by atoms with Crippen molar-refractivity contribution >= 4 is 6.08 Å². The molecule has 0 nitrogen and oxygen atoms in total. The Labute approximate surface area is 206 Å². The maximum Gasteiger partial charge on any atom is -1.00 e. The molecule has 0 aliphatic heterocycles. The zero-order chi connectivity index (χ0) is 18.8. The topological polar surface area (TPSA) is 0 Å². The van der Waals surface area contributed by atoms with E-state index in [2.05, 4.69) is 54.6 Å². The standard InChI is InChI=1S/C18H25.C9H7.2ClH.Zr/c1-3-9-15(10-4-1)18(17-13-7-8-14-17)16-11-5-2-6-12-16;1-2-5-9-7-3-6-8(9)4-1;;;/h7-8,13,15-16H,1-6,9-12H2;1-7H;2*1H;/q;;;;+2/p-2. The van der Waals surface area contributed by atoms with Crippen LogP contribution in [-0.4, -0.2) is 0 Å². The van der Waals surface area contributed by atoms with Crippen LogP contribution in [0.4, 0.5) is 0 Å². The van der Waals surface area contributed by atoms with E-state index in [0.29, 0.717) is 0 Å². The smallest absolute Gasteiger partial charge is 1.00 e. The van der Waals surface area contributed by atoms with E-state index >= 15 is 0 Å². The third-order valence-electron chi connectivity index (χ3n) is 7.33. The molecule has 0 amide bonds. The van der Waals surface area contributed by atoms with Gasteiger partial charge in [-0.15, -0.1) is 0 Å². The van der Waals surface area contributed by atoms with Crippen molar-refractivity contribution in [3.8, 4) is 0 Å². The number of hydrogen-bond acceptors (Lipinski definition) is 0. The summed E-state index contributed by atoms with van der Waals surface area (Å²) in [4.78, 5) is 0. The molecule has 0 bridgehead atoms. The van der Waals surface area contributed by atoms with Gasteiger partial charge in [0.1, 0.15) is 0 Å². The van der Waals surface area contributed by atoms with Gasteiger partial charge in [-0.2, -0.15) is 0 Å². The van der Waals surface area contributed by atoms with E-state index in [-0.39, 0.29) is 24.8 Å². The average molecular weight is 519 g/mol. The first-order valence-corrected chi connectivity index (χ1v) is 14.2. The van der Waals surface area contributed by atoms with Gasteiger partial charge in [0.15, 0.2) is 0 Å². The second kappa shape index (κ2) is 11.5. The molecule has 0 N–H and O–H groups in total. The Kier molecular flexibility index (Phi) is 9.30. The van der Waals surface area contributed by atoms with Crippen LogP contribution < -0.4 is 24.8 Å². The van der Waals surface area contributed by atoms with Crippen LogP contribution in [0.5, 0.6) is 0 Å². The van der Waals surface area contributed by atoms with Crippen LogP contribution in [0.2, 0.25) is 0 Å². The van der Waals surface area contributed by atoms with Gasteiger partial charge in [0, 0.05) is 0 Å². The Bertz CT molecular complexity index is 816.